The van der Waals surface area contributed by atoms with Crippen LogP contribution in [-0.2, 0) is 10.2 Å². The Morgan fingerprint density at radius 3 is 2.80 bits per heavy atom. The number of rotatable bonds is 2. The Kier molecular flexibility index (Phi) is 2.18. The van der Waals surface area contributed by atoms with Crippen LogP contribution in [0.3, 0.4) is 0 Å². The van der Waals surface area contributed by atoms with Crippen molar-refractivity contribution >= 4 is 11.6 Å². The number of carbonyl (C=O) groups is 1. The highest BCUT2D eigenvalue weighted by Gasteiger charge is 2.48. The number of benzene rings is 1. The first kappa shape index (κ1) is 11.7. The summed E-state index contributed by atoms with van der Waals surface area (Å²) in [6, 6.07) is 6.68. The lowest BCUT2D eigenvalue weighted by molar-refractivity contribution is -0.122. The summed E-state index contributed by atoms with van der Waals surface area (Å²) in [4.78, 5) is 21.9. The lowest BCUT2D eigenvalue weighted by Gasteiger charge is -2.19. The van der Waals surface area contributed by atoms with Gasteiger partial charge in [0.2, 0.25) is 5.91 Å². The summed E-state index contributed by atoms with van der Waals surface area (Å²) >= 11 is 0. The lowest BCUT2D eigenvalue weighted by atomic mass is 9.86. The van der Waals surface area contributed by atoms with Crippen molar-refractivity contribution in [3.05, 3.63) is 36.3 Å². The molecule has 2 aromatic rings. The van der Waals surface area contributed by atoms with E-state index in [1.54, 1.807) is 6.33 Å². The molecule has 1 saturated carbocycles. The van der Waals surface area contributed by atoms with E-state index in [0.29, 0.717) is 6.04 Å². The minimum absolute atomic E-state index is 0.233. The van der Waals surface area contributed by atoms with E-state index in [-0.39, 0.29) is 5.91 Å². The molecule has 1 aromatic carbocycles. The molecule has 0 spiro atoms. The van der Waals surface area contributed by atoms with Crippen LogP contribution >= 0.6 is 0 Å². The second-order valence-electron chi connectivity index (χ2n) is 6.23. The Balaban J connectivity index is 1.88. The van der Waals surface area contributed by atoms with Crippen LogP contribution < -0.4 is 4.90 Å². The molecule has 1 amide bonds. The molecular weight excluding hydrogens is 250 g/mol. The Hall–Kier alpha value is -2.10. The van der Waals surface area contributed by atoms with Crippen molar-refractivity contribution in [3.8, 4) is 11.3 Å². The topological polar surface area (TPSA) is 49.0 Å². The number of imidazole rings is 1. The molecule has 20 heavy (non-hydrogen) atoms. The molecule has 0 radical (unpaired) electrons. The van der Waals surface area contributed by atoms with Gasteiger partial charge in [0.05, 0.1) is 23.6 Å². The summed E-state index contributed by atoms with van der Waals surface area (Å²) in [6.45, 7) is 4.04. The molecule has 1 aromatic heterocycles. The van der Waals surface area contributed by atoms with Crippen molar-refractivity contribution in [3.63, 3.8) is 0 Å². The lowest BCUT2D eigenvalue weighted by Crippen LogP contribution is -2.37. The fourth-order valence-electron chi connectivity index (χ4n) is 3.06. The first-order valence-electron chi connectivity index (χ1n) is 7.06. The van der Waals surface area contributed by atoms with Gasteiger partial charge in [-0.3, -0.25) is 4.79 Å². The Morgan fingerprint density at radius 1 is 1.35 bits per heavy atom. The molecule has 4 rings (SSSR count). The smallest absolute Gasteiger partial charge is 0.237 e. The van der Waals surface area contributed by atoms with Crippen molar-refractivity contribution in [2.75, 3.05) is 4.90 Å². The van der Waals surface area contributed by atoms with Crippen molar-refractivity contribution in [1.82, 2.24) is 9.97 Å². The molecule has 0 saturated heterocycles. The van der Waals surface area contributed by atoms with Gasteiger partial charge in [0, 0.05) is 17.3 Å². The number of H-pyrrole nitrogens is 1. The average Bonchev–Trinajstić information content (AvgIpc) is 3.06. The minimum Gasteiger partial charge on any atom is -0.345 e. The third-order valence-electron chi connectivity index (χ3n) is 4.41. The number of aromatic nitrogens is 2. The predicted molar refractivity (Wildman–Crippen MR) is 77.6 cm³/mol. The van der Waals surface area contributed by atoms with Gasteiger partial charge >= 0.3 is 0 Å². The normalized spacial score (nSPS) is 20.3. The largest absolute Gasteiger partial charge is 0.345 e. The maximum atomic E-state index is 12.7. The molecule has 1 aliphatic carbocycles. The summed E-state index contributed by atoms with van der Waals surface area (Å²) in [6.07, 6.45) is 5.73. The quantitative estimate of drug-likeness (QED) is 0.909. The summed E-state index contributed by atoms with van der Waals surface area (Å²) < 4.78 is 0. The summed E-state index contributed by atoms with van der Waals surface area (Å²) in [5.41, 5.74) is 3.87. The molecular formula is C16H17N3O. The van der Waals surface area contributed by atoms with Gasteiger partial charge in [0.25, 0.3) is 0 Å². The van der Waals surface area contributed by atoms with Gasteiger partial charge in [-0.05, 0) is 38.3 Å². The second-order valence-corrected chi connectivity index (χ2v) is 6.23. The van der Waals surface area contributed by atoms with E-state index in [0.717, 1.165) is 35.3 Å². The van der Waals surface area contributed by atoms with Crippen LogP contribution in [0.4, 0.5) is 5.69 Å². The third kappa shape index (κ3) is 1.48. The zero-order valence-electron chi connectivity index (χ0n) is 11.7. The van der Waals surface area contributed by atoms with Crippen LogP contribution in [0.25, 0.3) is 11.3 Å². The summed E-state index contributed by atoms with van der Waals surface area (Å²) in [5, 5.41) is 0. The predicted octanol–water partition coefficient (Wildman–Crippen LogP) is 2.86. The van der Waals surface area contributed by atoms with Crippen LogP contribution in [0.5, 0.6) is 0 Å². The molecule has 1 N–H and O–H groups in total. The van der Waals surface area contributed by atoms with E-state index in [2.05, 4.69) is 28.2 Å². The van der Waals surface area contributed by atoms with Gasteiger partial charge in [0.1, 0.15) is 0 Å². The molecule has 1 fully saturated rings. The zero-order valence-corrected chi connectivity index (χ0v) is 11.7. The Bertz CT molecular complexity index is 684. The highest BCUT2D eigenvalue weighted by Crippen LogP contribution is 2.47. The molecule has 4 heteroatoms. The molecule has 1 aliphatic heterocycles. The SMILES string of the molecule is CC1(C)C(=O)N(C2CC2)c2cc(-c3cnc[nH]3)ccc21. The molecule has 0 atom stereocenters. The van der Waals surface area contributed by atoms with E-state index >= 15 is 0 Å². The zero-order chi connectivity index (χ0) is 13.9. The number of hydrogen-bond acceptors (Lipinski definition) is 2. The van der Waals surface area contributed by atoms with Crippen molar-refractivity contribution in [2.45, 2.75) is 38.1 Å². The summed E-state index contributed by atoms with van der Waals surface area (Å²) in [5.74, 6) is 0.233. The van der Waals surface area contributed by atoms with E-state index in [1.165, 1.54) is 0 Å². The number of fused-ring (bicyclic) bond motifs is 1. The van der Waals surface area contributed by atoms with Crippen LogP contribution in [0, 0.1) is 0 Å². The van der Waals surface area contributed by atoms with Crippen LogP contribution in [0.1, 0.15) is 32.3 Å². The van der Waals surface area contributed by atoms with E-state index in [1.807, 2.05) is 24.9 Å². The molecule has 0 unspecified atom stereocenters. The number of hydrogen-bond donors (Lipinski definition) is 1. The van der Waals surface area contributed by atoms with Gasteiger partial charge in [-0.2, -0.15) is 0 Å². The van der Waals surface area contributed by atoms with Gasteiger partial charge in [0.15, 0.2) is 0 Å². The number of anilines is 1. The second kappa shape index (κ2) is 3.72. The van der Waals surface area contributed by atoms with Gasteiger partial charge < -0.3 is 9.88 Å². The van der Waals surface area contributed by atoms with Crippen LogP contribution in [0.2, 0.25) is 0 Å². The monoisotopic (exact) mass is 267 g/mol. The number of nitrogens with zero attached hydrogens (tertiary/aromatic N) is 2. The van der Waals surface area contributed by atoms with Crippen molar-refractivity contribution < 1.29 is 4.79 Å². The van der Waals surface area contributed by atoms with E-state index < -0.39 is 5.41 Å². The number of carbonyl (C=O) groups excluding carboxylic acids is 1. The van der Waals surface area contributed by atoms with Crippen LogP contribution in [-0.4, -0.2) is 21.9 Å². The fraction of sp³-hybridized carbons (Fsp3) is 0.375. The van der Waals surface area contributed by atoms with Gasteiger partial charge in [-0.15, -0.1) is 0 Å². The van der Waals surface area contributed by atoms with Crippen molar-refractivity contribution in [1.29, 1.82) is 0 Å². The van der Waals surface area contributed by atoms with E-state index in [9.17, 15) is 4.79 Å². The van der Waals surface area contributed by atoms with Crippen molar-refractivity contribution in [2.24, 2.45) is 0 Å². The Morgan fingerprint density at radius 2 is 2.15 bits per heavy atom. The minimum atomic E-state index is -0.412. The molecule has 2 aliphatic rings. The van der Waals surface area contributed by atoms with Gasteiger partial charge in [-0.1, -0.05) is 12.1 Å². The molecule has 102 valence electrons. The Labute approximate surface area is 117 Å². The highest BCUT2D eigenvalue weighted by molar-refractivity contribution is 6.08. The third-order valence-corrected chi connectivity index (χ3v) is 4.41. The molecule has 2 heterocycles. The van der Waals surface area contributed by atoms with Gasteiger partial charge in [-0.25, -0.2) is 4.98 Å². The van der Waals surface area contributed by atoms with E-state index in [4.69, 9.17) is 0 Å². The number of amides is 1. The molecule has 4 nitrogen and oxygen atoms in total. The summed E-state index contributed by atoms with van der Waals surface area (Å²) in [7, 11) is 0. The highest BCUT2D eigenvalue weighted by atomic mass is 16.2. The number of aromatic amines is 1. The average molecular weight is 267 g/mol. The maximum Gasteiger partial charge on any atom is 0.237 e. The maximum absolute atomic E-state index is 12.7. The van der Waals surface area contributed by atoms with Crippen LogP contribution in [0.15, 0.2) is 30.7 Å². The molecule has 0 bridgehead atoms. The first-order chi connectivity index (χ1) is 9.59. The number of nitrogens with one attached hydrogen (secondary N) is 1. The first-order valence-corrected chi connectivity index (χ1v) is 7.06. The standard InChI is InChI=1S/C16H17N3O/c1-16(2)12-6-3-10(13-8-17-9-18-13)7-14(12)19(15(16)20)11-4-5-11/h3,6-9,11H,4-5H2,1-2H3,(H,17,18). The fourth-order valence-corrected chi connectivity index (χ4v) is 3.06.